The predicted molar refractivity (Wildman–Crippen MR) is 90.7 cm³/mol. The number of hydrogen-bond donors (Lipinski definition) is 1. The summed E-state index contributed by atoms with van der Waals surface area (Å²) >= 11 is 11.6. The monoisotopic (exact) mass is 319 g/mol. The standard InChI is InChI=1S/C16H18ClN3S/c1-2-18-16(21)20-11-10-19-9-3-4-14(19)15(20)12-5-7-13(17)8-6-12/h3-9,15H,2,10-11H2,1H3,(H,18,21). The number of nitrogens with zero attached hydrogens (tertiary/aromatic N) is 2. The summed E-state index contributed by atoms with van der Waals surface area (Å²) in [6.45, 7) is 4.76. The molecule has 21 heavy (non-hydrogen) atoms. The van der Waals surface area contributed by atoms with Gasteiger partial charge in [-0.05, 0) is 49.0 Å². The predicted octanol–water partition coefficient (Wildman–Crippen LogP) is 3.44. The van der Waals surface area contributed by atoms with E-state index in [1.807, 2.05) is 12.1 Å². The number of nitrogens with one attached hydrogen (secondary N) is 1. The van der Waals surface area contributed by atoms with Crippen LogP contribution in [-0.2, 0) is 6.54 Å². The molecule has 0 saturated carbocycles. The lowest BCUT2D eigenvalue weighted by Crippen LogP contribution is -2.47. The first-order chi connectivity index (χ1) is 10.2. The smallest absolute Gasteiger partial charge is 0.169 e. The van der Waals surface area contributed by atoms with E-state index in [0.29, 0.717) is 0 Å². The van der Waals surface area contributed by atoms with Crippen LogP contribution in [0.15, 0.2) is 42.6 Å². The number of aromatic nitrogens is 1. The minimum absolute atomic E-state index is 0.137. The maximum Gasteiger partial charge on any atom is 0.169 e. The van der Waals surface area contributed by atoms with Crippen LogP contribution in [0.1, 0.15) is 24.2 Å². The summed E-state index contributed by atoms with van der Waals surface area (Å²) in [4.78, 5) is 2.26. The Balaban J connectivity index is 2.01. The molecule has 5 heteroatoms. The maximum absolute atomic E-state index is 6.02. The highest BCUT2D eigenvalue weighted by Gasteiger charge is 2.30. The molecule has 2 heterocycles. The van der Waals surface area contributed by atoms with Crippen LogP contribution < -0.4 is 5.32 Å². The highest BCUT2D eigenvalue weighted by Crippen LogP contribution is 2.32. The largest absolute Gasteiger partial charge is 0.363 e. The van der Waals surface area contributed by atoms with Crippen molar-refractivity contribution < 1.29 is 0 Å². The number of rotatable bonds is 2. The highest BCUT2D eigenvalue weighted by atomic mass is 35.5. The molecule has 0 spiro atoms. The first-order valence-corrected chi connectivity index (χ1v) is 7.94. The van der Waals surface area contributed by atoms with Crippen LogP contribution in [0.4, 0.5) is 0 Å². The van der Waals surface area contributed by atoms with Gasteiger partial charge in [0.15, 0.2) is 5.11 Å². The number of fused-ring (bicyclic) bond motifs is 1. The van der Waals surface area contributed by atoms with Crippen LogP contribution in [0.3, 0.4) is 0 Å². The first kappa shape index (κ1) is 14.4. The maximum atomic E-state index is 6.02. The van der Waals surface area contributed by atoms with Crippen molar-refractivity contribution >= 4 is 28.9 Å². The summed E-state index contributed by atoms with van der Waals surface area (Å²) in [7, 11) is 0. The minimum Gasteiger partial charge on any atom is -0.363 e. The van der Waals surface area contributed by atoms with E-state index in [4.69, 9.17) is 23.8 Å². The van der Waals surface area contributed by atoms with Crippen molar-refractivity contribution in [2.75, 3.05) is 13.1 Å². The molecule has 1 N–H and O–H groups in total. The lowest BCUT2D eigenvalue weighted by molar-refractivity contribution is 0.286. The normalized spacial score (nSPS) is 17.4. The number of halogens is 1. The van der Waals surface area contributed by atoms with E-state index < -0.39 is 0 Å². The van der Waals surface area contributed by atoms with Crippen molar-refractivity contribution in [3.8, 4) is 0 Å². The van der Waals surface area contributed by atoms with Gasteiger partial charge >= 0.3 is 0 Å². The molecule has 1 aromatic carbocycles. The Bertz CT molecular complexity index is 635. The Morgan fingerprint density at radius 2 is 2.05 bits per heavy atom. The SMILES string of the molecule is CCNC(=S)N1CCn2cccc2C1c1ccc(Cl)cc1. The Morgan fingerprint density at radius 3 is 2.76 bits per heavy atom. The average Bonchev–Trinajstić information content (AvgIpc) is 2.96. The fourth-order valence-electron chi connectivity index (χ4n) is 2.85. The molecule has 2 aromatic rings. The summed E-state index contributed by atoms with van der Waals surface area (Å²) in [6.07, 6.45) is 2.13. The van der Waals surface area contributed by atoms with Crippen molar-refractivity contribution in [2.45, 2.75) is 19.5 Å². The van der Waals surface area contributed by atoms with Crippen LogP contribution >= 0.6 is 23.8 Å². The molecule has 0 bridgehead atoms. The summed E-state index contributed by atoms with van der Waals surface area (Å²) in [5, 5.41) is 4.84. The van der Waals surface area contributed by atoms with Crippen LogP contribution in [0.2, 0.25) is 5.02 Å². The molecule has 0 saturated heterocycles. The van der Waals surface area contributed by atoms with Crippen LogP contribution in [-0.4, -0.2) is 27.7 Å². The molecule has 1 aromatic heterocycles. The van der Waals surface area contributed by atoms with Crippen LogP contribution in [0.5, 0.6) is 0 Å². The lowest BCUT2D eigenvalue weighted by atomic mass is 10.0. The lowest BCUT2D eigenvalue weighted by Gasteiger charge is -2.39. The van der Waals surface area contributed by atoms with Gasteiger partial charge in [-0.3, -0.25) is 0 Å². The number of thiocarbonyl (C=S) groups is 1. The molecular weight excluding hydrogens is 302 g/mol. The second-order valence-corrected chi connectivity index (χ2v) is 5.93. The molecule has 1 unspecified atom stereocenters. The van der Waals surface area contributed by atoms with E-state index in [2.05, 4.69) is 52.2 Å². The fourth-order valence-corrected chi connectivity index (χ4v) is 3.32. The molecule has 1 aliphatic heterocycles. The molecular formula is C16H18ClN3S. The Morgan fingerprint density at radius 1 is 1.29 bits per heavy atom. The van der Waals surface area contributed by atoms with Gasteiger partial charge in [0.25, 0.3) is 0 Å². The van der Waals surface area contributed by atoms with Gasteiger partial charge in [0.1, 0.15) is 0 Å². The molecule has 0 amide bonds. The summed E-state index contributed by atoms with van der Waals surface area (Å²) in [5.74, 6) is 0. The zero-order valence-electron chi connectivity index (χ0n) is 11.9. The van der Waals surface area contributed by atoms with E-state index in [1.165, 1.54) is 11.3 Å². The van der Waals surface area contributed by atoms with Gasteiger partial charge in [0, 0.05) is 36.5 Å². The van der Waals surface area contributed by atoms with E-state index in [0.717, 1.165) is 29.8 Å². The fraction of sp³-hybridized carbons (Fsp3) is 0.312. The van der Waals surface area contributed by atoms with Crippen molar-refractivity contribution in [3.63, 3.8) is 0 Å². The van der Waals surface area contributed by atoms with E-state index >= 15 is 0 Å². The molecule has 3 rings (SSSR count). The quantitative estimate of drug-likeness (QED) is 0.856. The topological polar surface area (TPSA) is 20.2 Å². The van der Waals surface area contributed by atoms with Crippen molar-refractivity contribution in [1.29, 1.82) is 0 Å². The minimum atomic E-state index is 0.137. The molecule has 0 aliphatic carbocycles. The summed E-state index contributed by atoms with van der Waals surface area (Å²) in [5.41, 5.74) is 2.48. The van der Waals surface area contributed by atoms with Gasteiger partial charge < -0.3 is 14.8 Å². The Kier molecular flexibility index (Phi) is 4.17. The zero-order chi connectivity index (χ0) is 14.8. The van der Waals surface area contributed by atoms with Gasteiger partial charge in [0.05, 0.1) is 6.04 Å². The van der Waals surface area contributed by atoms with Crippen molar-refractivity contribution in [2.24, 2.45) is 0 Å². The molecule has 0 fully saturated rings. The molecule has 1 atom stereocenters. The van der Waals surface area contributed by atoms with Crippen molar-refractivity contribution in [1.82, 2.24) is 14.8 Å². The van der Waals surface area contributed by atoms with E-state index in [9.17, 15) is 0 Å². The van der Waals surface area contributed by atoms with Gasteiger partial charge in [-0.2, -0.15) is 0 Å². The van der Waals surface area contributed by atoms with Gasteiger partial charge in [-0.25, -0.2) is 0 Å². The average molecular weight is 320 g/mol. The highest BCUT2D eigenvalue weighted by molar-refractivity contribution is 7.80. The van der Waals surface area contributed by atoms with E-state index in [-0.39, 0.29) is 6.04 Å². The third-order valence-corrected chi connectivity index (χ3v) is 4.44. The number of benzene rings is 1. The summed E-state index contributed by atoms with van der Waals surface area (Å²) < 4.78 is 2.30. The Labute approximate surface area is 135 Å². The van der Waals surface area contributed by atoms with E-state index in [1.54, 1.807) is 0 Å². The zero-order valence-corrected chi connectivity index (χ0v) is 13.5. The number of hydrogen-bond acceptors (Lipinski definition) is 1. The summed E-state index contributed by atoms with van der Waals surface area (Å²) in [6, 6.07) is 12.4. The van der Waals surface area contributed by atoms with Gasteiger partial charge in [0.2, 0.25) is 0 Å². The second kappa shape index (κ2) is 6.08. The van der Waals surface area contributed by atoms with Crippen molar-refractivity contribution in [3.05, 3.63) is 58.9 Å². The van der Waals surface area contributed by atoms with Crippen LogP contribution in [0.25, 0.3) is 0 Å². The van der Waals surface area contributed by atoms with Crippen LogP contribution in [0, 0.1) is 0 Å². The van der Waals surface area contributed by atoms with Gasteiger partial charge in [-0.15, -0.1) is 0 Å². The molecule has 110 valence electrons. The second-order valence-electron chi connectivity index (χ2n) is 5.11. The molecule has 3 nitrogen and oxygen atoms in total. The molecule has 0 radical (unpaired) electrons. The third-order valence-electron chi connectivity index (χ3n) is 3.81. The third kappa shape index (κ3) is 2.78. The first-order valence-electron chi connectivity index (χ1n) is 7.15. The molecule has 1 aliphatic rings. The Hall–Kier alpha value is -1.52. The van der Waals surface area contributed by atoms with Gasteiger partial charge in [-0.1, -0.05) is 23.7 Å².